The van der Waals surface area contributed by atoms with Gasteiger partial charge in [0, 0.05) is 19.2 Å². The van der Waals surface area contributed by atoms with Crippen LogP contribution in [0.5, 0.6) is 0 Å². The molecular formula is C12H16N2O2. The summed E-state index contributed by atoms with van der Waals surface area (Å²) in [5.74, 6) is -0.167. The summed E-state index contributed by atoms with van der Waals surface area (Å²) in [6.45, 7) is 6.75. The maximum absolute atomic E-state index is 12.0. The highest BCUT2D eigenvalue weighted by molar-refractivity contribution is 5.92. The van der Waals surface area contributed by atoms with Gasteiger partial charge in [0.25, 0.3) is 5.91 Å². The molecule has 0 fully saturated rings. The predicted octanol–water partition coefficient (Wildman–Crippen LogP) is 1.41. The van der Waals surface area contributed by atoms with Crippen molar-refractivity contribution in [3.63, 3.8) is 0 Å². The van der Waals surface area contributed by atoms with Gasteiger partial charge in [0.1, 0.15) is 5.69 Å². The first kappa shape index (κ1) is 12.2. The second kappa shape index (κ2) is 5.90. The molecule has 0 atom stereocenters. The number of pyridine rings is 1. The third kappa shape index (κ3) is 3.08. The molecule has 0 unspecified atom stereocenters. The minimum absolute atomic E-state index is 0.167. The van der Waals surface area contributed by atoms with E-state index in [1.807, 2.05) is 6.92 Å². The zero-order valence-electron chi connectivity index (χ0n) is 9.40. The van der Waals surface area contributed by atoms with Gasteiger partial charge in [-0.25, -0.2) is 0 Å². The van der Waals surface area contributed by atoms with E-state index in [2.05, 4.69) is 11.6 Å². The van der Waals surface area contributed by atoms with Gasteiger partial charge in [0.2, 0.25) is 5.56 Å². The maximum Gasteiger partial charge on any atom is 0.270 e. The topological polar surface area (TPSA) is 53.2 Å². The largest absolute Gasteiger partial charge is 0.334 e. The van der Waals surface area contributed by atoms with E-state index in [9.17, 15) is 9.59 Å². The van der Waals surface area contributed by atoms with Crippen molar-refractivity contribution in [2.75, 3.05) is 13.1 Å². The highest BCUT2D eigenvalue weighted by atomic mass is 16.2. The average molecular weight is 220 g/mol. The predicted molar refractivity (Wildman–Crippen MR) is 63.5 cm³/mol. The summed E-state index contributed by atoms with van der Waals surface area (Å²) in [4.78, 5) is 27.2. The molecule has 0 spiro atoms. The van der Waals surface area contributed by atoms with Crippen molar-refractivity contribution in [2.24, 2.45) is 0 Å². The fraction of sp³-hybridized carbons (Fsp3) is 0.333. The molecular weight excluding hydrogens is 204 g/mol. The summed E-state index contributed by atoms with van der Waals surface area (Å²) in [7, 11) is 0. The van der Waals surface area contributed by atoms with Crippen LogP contribution in [0.25, 0.3) is 0 Å². The Hall–Kier alpha value is -1.84. The number of amides is 1. The smallest absolute Gasteiger partial charge is 0.270 e. The van der Waals surface area contributed by atoms with Gasteiger partial charge in [-0.05, 0) is 12.5 Å². The lowest BCUT2D eigenvalue weighted by Crippen LogP contribution is -2.33. The molecule has 0 saturated heterocycles. The Morgan fingerprint density at radius 3 is 2.88 bits per heavy atom. The average Bonchev–Trinajstić information content (AvgIpc) is 2.28. The van der Waals surface area contributed by atoms with E-state index >= 15 is 0 Å². The van der Waals surface area contributed by atoms with E-state index in [1.165, 1.54) is 6.07 Å². The number of rotatable bonds is 5. The van der Waals surface area contributed by atoms with Crippen LogP contribution in [0.2, 0.25) is 0 Å². The summed E-state index contributed by atoms with van der Waals surface area (Å²) in [5, 5.41) is 0. The van der Waals surface area contributed by atoms with E-state index < -0.39 is 0 Å². The summed E-state index contributed by atoms with van der Waals surface area (Å²) in [5.41, 5.74) is 0.0590. The Bertz CT molecular complexity index is 423. The summed E-state index contributed by atoms with van der Waals surface area (Å²) < 4.78 is 0. The summed E-state index contributed by atoms with van der Waals surface area (Å²) in [6, 6.07) is 4.56. The molecule has 86 valence electrons. The third-order valence-corrected chi connectivity index (χ3v) is 2.13. The van der Waals surface area contributed by atoms with Gasteiger partial charge in [0.15, 0.2) is 0 Å². The van der Waals surface area contributed by atoms with E-state index in [4.69, 9.17) is 0 Å². The molecule has 1 heterocycles. The Kier molecular flexibility index (Phi) is 4.51. The first-order chi connectivity index (χ1) is 7.69. The fourth-order valence-corrected chi connectivity index (χ4v) is 1.44. The lowest BCUT2D eigenvalue weighted by Gasteiger charge is -2.19. The fourth-order valence-electron chi connectivity index (χ4n) is 1.44. The second-order valence-corrected chi connectivity index (χ2v) is 3.47. The Morgan fingerprint density at radius 1 is 1.56 bits per heavy atom. The molecule has 0 aliphatic heterocycles. The number of carbonyl (C=O) groups excluding carboxylic acids is 1. The van der Waals surface area contributed by atoms with Crippen LogP contribution in [0.15, 0.2) is 35.6 Å². The van der Waals surface area contributed by atoms with Gasteiger partial charge in [-0.2, -0.15) is 0 Å². The van der Waals surface area contributed by atoms with E-state index in [0.717, 1.165) is 6.42 Å². The number of hydrogen-bond donors (Lipinski definition) is 1. The Morgan fingerprint density at radius 2 is 2.31 bits per heavy atom. The number of H-pyrrole nitrogens is 1. The molecule has 1 aromatic heterocycles. The quantitative estimate of drug-likeness (QED) is 0.763. The molecule has 0 aliphatic rings. The molecule has 0 saturated carbocycles. The zero-order valence-corrected chi connectivity index (χ0v) is 9.40. The molecule has 4 nitrogen and oxygen atoms in total. The van der Waals surface area contributed by atoms with Crippen molar-refractivity contribution in [3.8, 4) is 0 Å². The minimum Gasteiger partial charge on any atom is -0.334 e. The van der Waals surface area contributed by atoms with Crippen LogP contribution in [-0.2, 0) is 0 Å². The van der Waals surface area contributed by atoms with Crippen LogP contribution in [-0.4, -0.2) is 28.9 Å². The van der Waals surface area contributed by atoms with Crippen LogP contribution < -0.4 is 5.56 Å². The van der Waals surface area contributed by atoms with Gasteiger partial charge in [0.05, 0.1) is 0 Å². The van der Waals surface area contributed by atoms with Crippen molar-refractivity contribution >= 4 is 5.91 Å². The summed E-state index contributed by atoms with van der Waals surface area (Å²) in [6.07, 6.45) is 2.55. The van der Waals surface area contributed by atoms with E-state index in [1.54, 1.807) is 23.1 Å². The molecule has 0 aromatic carbocycles. The zero-order chi connectivity index (χ0) is 12.0. The van der Waals surface area contributed by atoms with Gasteiger partial charge in [-0.1, -0.05) is 19.1 Å². The normalized spacial score (nSPS) is 9.81. The maximum atomic E-state index is 12.0. The van der Waals surface area contributed by atoms with Crippen molar-refractivity contribution in [2.45, 2.75) is 13.3 Å². The number of nitrogens with zero attached hydrogens (tertiary/aromatic N) is 1. The van der Waals surface area contributed by atoms with Crippen LogP contribution in [0.1, 0.15) is 23.8 Å². The Balaban J connectivity index is 2.89. The first-order valence-corrected chi connectivity index (χ1v) is 5.28. The second-order valence-electron chi connectivity index (χ2n) is 3.47. The monoisotopic (exact) mass is 220 g/mol. The molecule has 1 rings (SSSR count). The van der Waals surface area contributed by atoms with Crippen LogP contribution in [0, 0.1) is 0 Å². The van der Waals surface area contributed by atoms with Crippen LogP contribution in [0.4, 0.5) is 0 Å². The molecule has 4 heteroatoms. The number of carbonyl (C=O) groups is 1. The minimum atomic E-state index is -0.263. The lowest BCUT2D eigenvalue weighted by molar-refractivity contribution is 0.0768. The molecule has 0 bridgehead atoms. The van der Waals surface area contributed by atoms with Gasteiger partial charge in [-0.3, -0.25) is 9.59 Å². The molecule has 0 radical (unpaired) electrons. The van der Waals surface area contributed by atoms with Gasteiger partial charge in [-0.15, -0.1) is 6.58 Å². The molecule has 0 aliphatic carbocycles. The molecule has 16 heavy (non-hydrogen) atoms. The molecule has 1 N–H and O–H groups in total. The highest BCUT2D eigenvalue weighted by Crippen LogP contribution is 2.01. The van der Waals surface area contributed by atoms with Crippen molar-refractivity contribution in [1.82, 2.24) is 9.88 Å². The summed E-state index contributed by atoms with van der Waals surface area (Å²) >= 11 is 0. The number of aromatic amines is 1. The third-order valence-electron chi connectivity index (χ3n) is 2.13. The highest BCUT2D eigenvalue weighted by Gasteiger charge is 2.13. The first-order valence-electron chi connectivity index (χ1n) is 5.28. The number of nitrogens with one attached hydrogen (secondary N) is 1. The van der Waals surface area contributed by atoms with Crippen molar-refractivity contribution in [3.05, 3.63) is 46.9 Å². The number of hydrogen-bond acceptors (Lipinski definition) is 2. The van der Waals surface area contributed by atoms with Crippen molar-refractivity contribution < 1.29 is 4.79 Å². The lowest BCUT2D eigenvalue weighted by atomic mass is 10.3. The Labute approximate surface area is 94.6 Å². The van der Waals surface area contributed by atoms with Crippen LogP contribution >= 0.6 is 0 Å². The van der Waals surface area contributed by atoms with Gasteiger partial charge < -0.3 is 9.88 Å². The molecule has 1 aromatic rings. The van der Waals surface area contributed by atoms with Crippen molar-refractivity contribution in [1.29, 1.82) is 0 Å². The van der Waals surface area contributed by atoms with E-state index in [-0.39, 0.29) is 11.5 Å². The van der Waals surface area contributed by atoms with E-state index in [0.29, 0.717) is 18.8 Å². The molecule has 1 amide bonds. The standard InChI is InChI=1S/C12H16N2O2/c1-3-8-14(9-4-2)12(16)10-6-5-7-11(15)13-10/h3,5-7H,1,4,8-9H2,2H3,(H,13,15). The number of aromatic nitrogens is 1. The van der Waals surface area contributed by atoms with Gasteiger partial charge >= 0.3 is 0 Å². The van der Waals surface area contributed by atoms with Crippen LogP contribution in [0.3, 0.4) is 0 Å². The SMILES string of the molecule is C=CCN(CCC)C(=O)c1cccc(=O)[nH]1.